The number of halogens is 2. The third kappa shape index (κ3) is 6.01. The summed E-state index contributed by atoms with van der Waals surface area (Å²) >= 11 is 11.6. The SMILES string of the molecule is O=C(Cc1ccc(Cl)cc1)NC1=CC(NC(=O)COc2ccc(Cl)cc2)C1. The van der Waals surface area contributed by atoms with Crippen molar-refractivity contribution in [3.63, 3.8) is 0 Å². The predicted molar refractivity (Wildman–Crippen MR) is 105 cm³/mol. The second-order valence-corrected chi connectivity index (χ2v) is 7.04. The smallest absolute Gasteiger partial charge is 0.258 e. The molecule has 2 aromatic rings. The van der Waals surface area contributed by atoms with Crippen LogP contribution in [0.2, 0.25) is 10.0 Å². The zero-order valence-corrected chi connectivity index (χ0v) is 15.9. The Kier molecular flexibility index (Phi) is 6.37. The molecule has 0 fully saturated rings. The molecule has 0 saturated carbocycles. The predicted octanol–water partition coefficient (Wildman–Crippen LogP) is 3.50. The summed E-state index contributed by atoms with van der Waals surface area (Å²) in [5.41, 5.74) is 1.69. The van der Waals surface area contributed by atoms with Gasteiger partial charge in [-0.05, 0) is 48.0 Å². The highest BCUT2D eigenvalue weighted by Crippen LogP contribution is 2.18. The summed E-state index contributed by atoms with van der Waals surface area (Å²) in [5.74, 6) is 0.256. The van der Waals surface area contributed by atoms with Gasteiger partial charge in [-0.3, -0.25) is 9.59 Å². The van der Waals surface area contributed by atoms with Crippen LogP contribution >= 0.6 is 23.2 Å². The summed E-state index contributed by atoms with van der Waals surface area (Å²) in [6, 6.07) is 13.8. The summed E-state index contributed by atoms with van der Waals surface area (Å²) in [5, 5.41) is 6.91. The second-order valence-electron chi connectivity index (χ2n) is 6.16. The van der Waals surface area contributed by atoms with Gasteiger partial charge >= 0.3 is 0 Å². The first-order valence-corrected chi connectivity index (χ1v) is 9.16. The van der Waals surface area contributed by atoms with Crippen LogP contribution in [0.3, 0.4) is 0 Å². The third-order valence-electron chi connectivity index (χ3n) is 3.95. The van der Waals surface area contributed by atoms with Crippen LogP contribution in [0, 0.1) is 0 Å². The van der Waals surface area contributed by atoms with Crippen LogP contribution in [0.4, 0.5) is 0 Å². The highest BCUT2D eigenvalue weighted by atomic mass is 35.5. The number of benzene rings is 2. The Morgan fingerprint density at radius 2 is 1.56 bits per heavy atom. The summed E-state index contributed by atoms with van der Waals surface area (Å²) in [7, 11) is 0. The molecule has 5 nitrogen and oxygen atoms in total. The van der Waals surface area contributed by atoms with Crippen molar-refractivity contribution in [2.24, 2.45) is 0 Å². The summed E-state index contributed by atoms with van der Waals surface area (Å²) < 4.78 is 5.39. The number of nitrogens with one attached hydrogen (secondary N) is 2. The average molecular weight is 405 g/mol. The number of hydrogen-bond donors (Lipinski definition) is 2. The molecule has 0 aromatic heterocycles. The molecule has 0 bridgehead atoms. The van der Waals surface area contributed by atoms with E-state index in [9.17, 15) is 9.59 Å². The molecule has 0 radical (unpaired) electrons. The van der Waals surface area contributed by atoms with E-state index in [4.69, 9.17) is 27.9 Å². The standard InChI is InChI=1S/C20H18Cl2N2O3/c21-14-3-1-13(2-4-14)9-19(25)23-16-10-17(11-16)24-20(26)12-27-18-7-5-15(22)6-8-18/h1-8,10,17H,9,11-12H2,(H,23,25)(H,24,26). The number of rotatable bonds is 7. The molecule has 0 aliphatic heterocycles. The monoisotopic (exact) mass is 404 g/mol. The fourth-order valence-electron chi connectivity index (χ4n) is 2.57. The van der Waals surface area contributed by atoms with Gasteiger partial charge in [-0.25, -0.2) is 0 Å². The van der Waals surface area contributed by atoms with E-state index in [1.807, 2.05) is 18.2 Å². The van der Waals surface area contributed by atoms with E-state index in [-0.39, 0.29) is 30.9 Å². The lowest BCUT2D eigenvalue weighted by Gasteiger charge is -2.26. The van der Waals surface area contributed by atoms with Crippen LogP contribution in [0.15, 0.2) is 60.3 Å². The second kappa shape index (κ2) is 8.93. The topological polar surface area (TPSA) is 67.4 Å². The third-order valence-corrected chi connectivity index (χ3v) is 4.45. The first-order chi connectivity index (χ1) is 13.0. The maximum absolute atomic E-state index is 12.0. The van der Waals surface area contributed by atoms with Crippen molar-refractivity contribution in [1.29, 1.82) is 0 Å². The van der Waals surface area contributed by atoms with Crippen molar-refractivity contribution >= 4 is 35.0 Å². The van der Waals surface area contributed by atoms with Gasteiger partial charge in [0.1, 0.15) is 5.75 Å². The van der Waals surface area contributed by atoms with Crippen LogP contribution in [0.1, 0.15) is 12.0 Å². The molecular weight excluding hydrogens is 387 g/mol. The Labute approximate surface area is 167 Å². The van der Waals surface area contributed by atoms with Gasteiger partial charge in [0, 0.05) is 22.2 Å². The molecule has 2 amide bonds. The minimum Gasteiger partial charge on any atom is -0.484 e. The van der Waals surface area contributed by atoms with Gasteiger partial charge in [-0.15, -0.1) is 0 Å². The van der Waals surface area contributed by atoms with Gasteiger partial charge in [-0.1, -0.05) is 35.3 Å². The first-order valence-electron chi connectivity index (χ1n) is 8.40. The molecule has 1 aliphatic rings. The lowest BCUT2D eigenvalue weighted by atomic mass is 9.99. The van der Waals surface area contributed by atoms with Gasteiger partial charge in [-0.2, -0.15) is 0 Å². The largest absolute Gasteiger partial charge is 0.484 e. The molecule has 7 heteroatoms. The van der Waals surface area contributed by atoms with E-state index in [0.29, 0.717) is 22.2 Å². The van der Waals surface area contributed by atoms with Crippen molar-refractivity contribution < 1.29 is 14.3 Å². The van der Waals surface area contributed by atoms with Crippen LogP contribution in [0.5, 0.6) is 5.75 Å². The average Bonchev–Trinajstić information content (AvgIpc) is 2.61. The highest BCUT2D eigenvalue weighted by molar-refractivity contribution is 6.30. The van der Waals surface area contributed by atoms with Gasteiger partial charge < -0.3 is 15.4 Å². The minimum absolute atomic E-state index is 0.0791. The Bertz CT molecular complexity index is 849. The van der Waals surface area contributed by atoms with Crippen molar-refractivity contribution in [3.05, 3.63) is 75.9 Å². The van der Waals surface area contributed by atoms with Crippen LogP contribution < -0.4 is 15.4 Å². The van der Waals surface area contributed by atoms with Gasteiger partial charge in [0.2, 0.25) is 5.91 Å². The minimum atomic E-state index is -0.224. The Balaban J connectivity index is 1.37. The number of carbonyl (C=O) groups is 2. The fraction of sp³-hybridized carbons (Fsp3) is 0.200. The maximum atomic E-state index is 12.0. The van der Waals surface area contributed by atoms with E-state index in [0.717, 1.165) is 11.3 Å². The quantitative estimate of drug-likeness (QED) is 0.741. The van der Waals surface area contributed by atoms with E-state index < -0.39 is 0 Å². The maximum Gasteiger partial charge on any atom is 0.258 e. The van der Waals surface area contributed by atoms with Gasteiger partial charge in [0.15, 0.2) is 6.61 Å². The van der Waals surface area contributed by atoms with E-state index in [1.165, 1.54) is 0 Å². The summed E-state index contributed by atoms with van der Waals surface area (Å²) in [6.07, 6.45) is 2.68. The molecule has 1 unspecified atom stereocenters. The number of amides is 2. The summed E-state index contributed by atoms with van der Waals surface area (Å²) in [6.45, 7) is -0.0791. The molecule has 0 spiro atoms. The zero-order valence-electron chi connectivity index (χ0n) is 14.4. The molecule has 2 aromatic carbocycles. The molecule has 0 heterocycles. The first kappa shape index (κ1) is 19.3. The zero-order chi connectivity index (χ0) is 19.2. The van der Waals surface area contributed by atoms with Crippen molar-refractivity contribution in [1.82, 2.24) is 10.6 Å². The van der Waals surface area contributed by atoms with Crippen LogP contribution in [-0.4, -0.2) is 24.5 Å². The summed E-state index contributed by atoms with van der Waals surface area (Å²) in [4.78, 5) is 23.9. The van der Waals surface area contributed by atoms with E-state index in [1.54, 1.807) is 36.4 Å². The Morgan fingerprint density at radius 3 is 2.19 bits per heavy atom. The van der Waals surface area contributed by atoms with Crippen LogP contribution in [0.25, 0.3) is 0 Å². The molecule has 1 aliphatic carbocycles. The van der Waals surface area contributed by atoms with Crippen molar-refractivity contribution in [2.45, 2.75) is 18.9 Å². The highest BCUT2D eigenvalue weighted by Gasteiger charge is 2.22. The number of ether oxygens (including phenoxy) is 1. The van der Waals surface area contributed by atoms with Gasteiger partial charge in [0.25, 0.3) is 5.91 Å². The number of carbonyl (C=O) groups excluding carboxylic acids is 2. The Morgan fingerprint density at radius 1 is 0.963 bits per heavy atom. The lowest BCUT2D eigenvalue weighted by molar-refractivity contribution is -0.123. The van der Waals surface area contributed by atoms with E-state index in [2.05, 4.69) is 10.6 Å². The van der Waals surface area contributed by atoms with Crippen LogP contribution in [-0.2, 0) is 16.0 Å². The molecular formula is C20H18Cl2N2O3. The molecule has 27 heavy (non-hydrogen) atoms. The van der Waals surface area contributed by atoms with Crippen molar-refractivity contribution in [2.75, 3.05) is 6.61 Å². The molecule has 3 rings (SSSR count). The fourth-order valence-corrected chi connectivity index (χ4v) is 2.82. The molecule has 1 atom stereocenters. The molecule has 0 saturated heterocycles. The normalized spacial score (nSPS) is 15.3. The number of hydrogen-bond acceptors (Lipinski definition) is 3. The van der Waals surface area contributed by atoms with E-state index >= 15 is 0 Å². The molecule has 140 valence electrons. The molecule has 2 N–H and O–H groups in total. The lowest BCUT2D eigenvalue weighted by Crippen LogP contribution is -2.44. The van der Waals surface area contributed by atoms with Crippen molar-refractivity contribution in [3.8, 4) is 5.75 Å². The van der Waals surface area contributed by atoms with Gasteiger partial charge in [0.05, 0.1) is 12.5 Å². The Hall–Kier alpha value is -2.50.